The monoisotopic (exact) mass is 254 g/mol. The maximum absolute atomic E-state index is 11.6. The number of cyclic esters (lactones) is 1. The lowest BCUT2D eigenvalue weighted by atomic mass is 9.97. The van der Waals surface area contributed by atoms with Crippen LogP contribution in [0.4, 0.5) is 0 Å². The third kappa shape index (κ3) is 1.69. The van der Waals surface area contributed by atoms with E-state index >= 15 is 0 Å². The Morgan fingerprint density at radius 3 is 3.07 bits per heavy atom. The van der Waals surface area contributed by atoms with Crippen molar-refractivity contribution in [2.45, 2.75) is 19.4 Å². The zero-order valence-electron chi connectivity index (χ0n) is 7.92. The quantitative estimate of drug-likeness (QED) is 0.569. The lowest BCUT2D eigenvalue weighted by Gasteiger charge is -2.23. The van der Waals surface area contributed by atoms with Crippen molar-refractivity contribution in [3.63, 3.8) is 0 Å². The number of rotatable bonds is 1. The molecule has 1 atom stereocenters. The van der Waals surface area contributed by atoms with Crippen molar-refractivity contribution < 1.29 is 9.53 Å². The third-order valence-electron chi connectivity index (χ3n) is 2.38. The Hall–Kier alpha value is -0.830. The average molecular weight is 255 g/mol. The summed E-state index contributed by atoms with van der Waals surface area (Å²) >= 11 is 3.33. The van der Waals surface area contributed by atoms with E-state index in [9.17, 15) is 4.79 Å². The van der Waals surface area contributed by atoms with Crippen LogP contribution < -0.4 is 0 Å². The topological polar surface area (TPSA) is 26.3 Å². The lowest BCUT2D eigenvalue weighted by Crippen LogP contribution is -2.28. The van der Waals surface area contributed by atoms with Gasteiger partial charge in [0, 0.05) is 11.8 Å². The Kier molecular flexibility index (Phi) is 2.59. The average Bonchev–Trinajstić information content (AvgIpc) is 2.19. The van der Waals surface area contributed by atoms with Gasteiger partial charge < -0.3 is 4.74 Å². The molecule has 3 heteroatoms. The SMILES string of the molecule is Cc1ccc2c(c1)C(=O)O[C@@H](CBr)C2. The molecule has 0 spiro atoms. The standard InChI is InChI=1S/C11H11BrO2/c1-7-2-3-8-5-9(6-12)14-11(13)10(8)4-7/h2-4,9H,5-6H2,1H3/t9-/m1/s1. The van der Waals surface area contributed by atoms with Crippen LogP contribution in [0.5, 0.6) is 0 Å². The summed E-state index contributed by atoms with van der Waals surface area (Å²) in [5.74, 6) is -0.195. The zero-order chi connectivity index (χ0) is 10.1. The molecule has 74 valence electrons. The highest BCUT2D eigenvalue weighted by Gasteiger charge is 2.25. The molecule has 0 aromatic heterocycles. The van der Waals surface area contributed by atoms with E-state index in [1.807, 2.05) is 25.1 Å². The molecule has 2 rings (SSSR count). The first-order chi connectivity index (χ1) is 6.70. The Bertz CT molecular complexity index is 374. The molecule has 1 aromatic carbocycles. The highest BCUT2D eigenvalue weighted by molar-refractivity contribution is 9.09. The van der Waals surface area contributed by atoms with Crippen molar-refractivity contribution in [1.82, 2.24) is 0 Å². The fourth-order valence-corrected chi connectivity index (χ4v) is 2.01. The van der Waals surface area contributed by atoms with Crippen LogP contribution in [0.1, 0.15) is 21.5 Å². The molecule has 0 unspecified atom stereocenters. The highest BCUT2D eigenvalue weighted by Crippen LogP contribution is 2.22. The van der Waals surface area contributed by atoms with Gasteiger partial charge >= 0.3 is 5.97 Å². The van der Waals surface area contributed by atoms with Crippen molar-refractivity contribution in [2.75, 3.05) is 5.33 Å². The van der Waals surface area contributed by atoms with Crippen LogP contribution in [0.25, 0.3) is 0 Å². The molecule has 0 aliphatic carbocycles. The van der Waals surface area contributed by atoms with E-state index in [1.165, 1.54) is 0 Å². The number of alkyl halides is 1. The Morgan fingerprint density at radius 2 is 2.36 bits per heavy atom. The number of aryl methyl sites for hydroxylation is 1. The summed E-state index contributed by atoms with van der Waals surface area (Å²) in [7, 11) is 0. The van der Waals surface area contributed by atoms with Gasteiger partial charge in [0.25, 0.3) is 0 Å². The minimum Gasteiger partial charge on any atom is -0.458 e. The van der Waals surface area contributed by atoms with Gasteiger partial charge in [0.1, 0.15) is 6.10 Å². The van der Waals surface area contributed by atoms with Crippen LogP contribution in [-0.4, -0.2) is 17.4 Å². The number of esters is 1. The van der Waals surface area contributed by atoms with E-state index < -0.39 is 0 Å². The summed E-state index contributed by atoms with van der Waals surface area (Å²) in [6.45, 7) is 1.98. The Balaban J connectivity index is 2.40. The largest absolute Gasteiger partial charge is 0.458 e. The summed E-state index contributed by atoms with van der Waals surface area (Å²) in [5.41, 5.74) is 2.91. The molecule has 0 saturated carbocycles. The summed E-state index contributed by atoms with van der Waals surface area (Å²) in [6, 6.07) is 5.94. The van der Waals surface area contributed by atoms with Gasteiger partial charge in [0.05, 0.1) is 5.56 Å². The number of carbonyl (C=O) groups excluding carboxylic acids is 1. The van der Waals surface area contributed by atoms with Gasteiger partial charge in [-0.25, -0.2) is 4.79 Å². The van der Waals surface area contributed by atoms with E-state index in [0.717, 1.165) is 23.1 Å². The molecule has 0 amide bonds. The van der Waals surface area contributed by atoms with Gasteiger partial charge in [-0.05, 0) is 18.6 Å². The first-order valence-corrected chi connectivity index (χ1v) is 5.69. The maximum Gasteiger partial charge on any atom is 0.338 e. The summed E-state index contributed by atoms with van der Waals surface area (Å²) in [4.78, 5) is 11.6. The van der Waals surface area contributed by atoms with Gasteiger partial charge in [-0.2, -0.15) is 0 Å². The second-order valence-electron chi connectivity index (χ2n) is 3.55. The first kappa shape index (κ1) is 9.71. The summed E-state index contributed by atoms with van der Waals surface area (Å²) in [5, 5.41) is 0.700. The number of ether oxygens (including phenoxy) is 1. The van der Waals surface area contributed by atoms with Gasteiger partial charge in [0.2, 0.25) is 0 Å². The molecule has 2 nitrogen and oxygen atoms in total. The second kappa shape index (κ2) is 3.73. The molecule has 1 aliphatic rings. The number of fused-ring (bicyclic) bond motifs is 1. The van der Waals surface area contributed by atoms with Crippen molar-refractivity contribution >= 4 is 21.9 Å². The fourth-order valence-electron chi connectivity index (χ4n) is 1.65. The number of carbonyl (C=O) groups is 1. The van der Waals surface area contributed by atoms with Crippen LogP contribution in [0.15, 0.2) is 18.2 Å². The molecule has 1 aromatic rings. The van der Waals surface area contributed by atoms with E-state index in [2.05, 4.69) is 15.9 Å². The van der Waals surface area contributed by atoms with Gasteiger partial charge in [-0.1, -0.05) is 33.6 Å². The zero-order valence-corrected chi connectivity index (χ0v) is 9.50. The molecule has 0 bridgehead atoms. The molecule has 14 heavy (non-hydrogen) atoms. The number of halogens is 1. The Labute approximate surface area is 91.4 Å². The molecule has 1 heterocycles. The second-order valence-corrected chi connectivity index (χ2v) is 4.19. The number of benzene rings is 1. The predicted molar refractivity (Wildman–Crippen MR) is 57.9 cm³/mol. The van der Waals surface area contributed by atoms with E-state index in [4.69, 9.17) is 4.74 Å². The summed E-state index contributed by atoms with van der Waals surface area (Å²) < 4.78 is 5.23. The van der Waals surface area contributed by atoms with Crippen LogP contribution in [-0.2, 0) is 11.2 Å². The normalized spacial score (nSPS) is 20.1. The van der Waals surface area contributed by atoms with E-state index in [0.29, 0.717) is 5.33 Å². The molecule has 0 radical (unpaired) electrons. The summed E-state index contributed by atoms with van der Waals surface area (Å²) in [6.07, 6.45) is 0.796. The third-order valence-corrected chi connectivity index (χ3v) is 3.10. The first-order valence-electron chi connectivity index (χ1n) is 4.57. The van der Waals surface area contributed by atoms with Gasteiger partial charge in [-0.15, -0.1) is 0 Å². The minimum atomic E-state index is -0.195. The molecular formula is C11H11BrO2. The molecule has 1 aliphatic heterocycles. The van der Waals surface area contributed by atoms with Crippen LogP contribution in [0.2, 0.25) is 0 Å². The van der Waals surface area contributed by atoms with Crippen LogP contribution in [0, 0.1) is 6.92 Å². The van der Waals surface area contributed by atoms with Crippen molar-refractivity contribution in [2.24, 2.45) is 0 Å². The van der Waals surface area contributed by atoms with Gasteiger partial charge in [0.15, 0.2) is 0 Å². The molecule has 0 saturated heterocycles. The number of hydrogen-bond acceptors (Lipinski definition) is 2. The molecular weight excluding hydrogens is 244 g/mol. The van der Waals surface area contributed by atoms with Crippen molar-refractivity contribution in [1.29, 1.82) is 0 Å². The molecule has 0 N–H and O–H groups in total. The van der Waals surface area contributed by atoms with Crippen LogP contribution >= 0.6 is 15.9 Å². The van der Waals surface area contributed by atoms with E-state index in [1.54, 1.807) is 0 Å². The smallest absolute Gasteiger partial charge is 0.338 e. The lowest BCUT2D eigenvalue weighted by molar-refractivity contribution is 0.0313. The number of hydrogen-bond donors (Lipinski definition) is 0. The molecule has 0 fully saturated rings. The predicted octanol–water partition coefficient (Wildman–Crippen LogP) is 2.47. The van der Waals surface area contributed by atoms with E-state index in [-0.39, 0.29) is 12.1 Å². The van der Waals surface area contributed by atoms with Crippen molar-refractivity contribution in [3.8, 4) is 0 Å². The minimum absolute atomic E-state index is 0.0160. The van der Waals surface area contributed by atoms with Crippen molar-refractivity contribution in [3.05, 3.63) is 34.9 Å². The van der Waals surface area contributed by atoms with Gasteiger partial charge in [-0.3, -0.25) is 0 Å². The van der Waals surface area contributed by atoms with Crippen LogP contribution in [0.3, 0.4) is 0 Å². The maximum atomic E-state index is 11.6. The fraction of sp³-hybridized carbons (Fsp3) is 0.364. The Morgan fingerprint density at radius 1 is 1.57 bits per heavy atom. The highest BCUT2D eigenvalue weighted by atomic mass is 79.9.